The SMILES string of the molecule is CCC(O)(O)C(O)C(=O)O. The lowest BCUT2D eigenvalue weighted by molar-refractivity contribution is -0.230. The highest BCUT2D eigenvalue weighted by Crippen LogP contribution is 2.10. The maximum atomic E-state index is 9.93. The van der Waals surface area contributed by atoms with Gasteiger partial charge in [0.1, 0.15) is 0 Å². The summed E-state index contributed by atoms with van der Waals surface area (Å²) in [7, 11) is 0. The quantitative estimate of drug-likeness (QED) is 0.368. The number of carbonyl (C=O) groups is 1. The Bertz CT molecular complexity index is 130. The highest BCUT2D eigenvalue weighted by molar-refractivity contribution is 5.73. The van der Waals surface area contributed by atoms with Gasteiger partial charge in [0.2, 0.25) is 6.10 Å². The summed E-state index contributed by atoms with van der Waals surface area (Å²) in [5.41, 5.74) is 0. The fourth-order valence-corrected chi connectivity index (χ4v) is 0.391. The van der Waals surface area contributed by atoms with Crippen LogP contribution in [-0.4, -0.2) is 38.3 Å². The lowest BCUT2D eigenvalue weighted by Gasteiger charge is -2.22. The van der Waals surface area contributed by atoms with Crippen LogP contribution >= 0.6 is 0 Å². The van der Waals surface area contributed by atoms with Gasteiger partial charge < -0.3 is 20.4 Å². The number of carboxylic acids is 1. The minimum atomic E-state index is -2.52. The maximum Gasteiger partial charge on any atom is 0.338 e. The van der Waals surface area contributed by atoms with Gasteiger partial charge in [0, 0.05) is 6.42 Å². The Morgan fingerprint density at radius 3 is 2.10 bits per heavy atom. The number of hydrogen-bond acceptors (Lipinski definition) is 4. The summed E-state index contributed by atoms with van der Waals surface area (Å²) in [4.78, 5) is 9.93. The van der Waals surface area contributed by atoms with Crippen molar-refractivity contribution in [1.29, 1.82) is 0 Å². The van der Waals surface area contributed by atoms with E-state index in [4.69, 9.17) is 20.4 Å². The average molecular weight is 150 g/mol. The molecule has 0 aromatic carbocycles. The molecule has 0 fully saturated rings. The van der Waals surface area contributed by atoms with Gasteiger partial charge in [0.05, 0.1) is 0 Å². The molecule has 0 heterocycles. The molecule has 0 spiro atoms. The molecule has 0 aromatic heterocycles. The number of hydrogen-bond donors (Lipinski definition) is 4. The van der Waals surface area contributed by atoms with Crippen LogP contribution in [0.5, 0.6) is 0 Å². The van der Waals surface area contributed by atoms with Crippen LogP contribution in [0.25, 0.3) is 0 Å². The zero-order valence-electron chi connectivity index (χ0n) is 5.48. The van der Waals surface area contributed by atoms with Crippen molar-refractivity contribution < 1.29 is 25.2 Å². The van der Waals surface area contributed by atoms with E-state index >= 15 is 0 Å². The largest absolute Gasteiger partial charge is 0.479 e. The summed E-state index contributed by atoms with van der Waals surface area (Å²) < 4.78 is 0. The second kappa shape index (κ2) is 2.96. The lowest BCUT2D eigenvalue weighted by atomic mass is 10.1. The van der Waals surface area contributed by atoms with Crippen molar-refractivity contribution in [2.75, 3.05) is 0 Å². The van der Waals surface area contributed by atoms with Gasteiger partial charge in [-0.3, -0.25) is 0 Å². The Balaban J connectivity index is 4.17. The van der Waals surface area contributed by atoms with Gasteiger partial charge in [-0.1, -0.05) is 6.92 Å². The zero-order chi connectivity index (χ0) is 8.36. The summed E-state index contributed by atoms with van der Waals surface area (Å²) in [6.45, 7) is 1.35. The minimum Gasteiger partial charge on any atom is -0.479 e. The van der Waals surface area contributed by atoms with Gasteiger partial charge >= 0.3 is 5.97 Å². The first-order valence-electron chi connectivity index (χ1n) is 2.77. The molecular formula is C5H10O5. The molecule has 0 bridgehead atoms. The van der Waals surface area contributed by atoms with Gasteiger partial charge in [-0.2, -0.15) is 0 Å². The van der Waals surface area contributed by atoms with Crippen LogP contribution < -0.4 is 0 Å². The van der Waals surface area contributed by atoms with Crippen molar-refractivity contribution >= 4 is 5.97 Å². The fourth-order valence-electron chi connectivity index (χ4n) is 0.391. The smallest absolute Gasteiger partial charge is 0.338 e. The van der Waals surface area contributed by atoms with Gasteiger partial charge in [-0.05, 0) is 0 Å². The Hall–Kier alpha value is -0.650. The molecule has 0 aromatic rings. The second-order valence-electron chi connectivity index (χ2n) is 1.97. The predicted octanol–water partition coefficient (Wildman–Crippen LogP) is -1.48. The Labute approximate surface area is 57.5 Å². The van der Waals surface area contributed by atoms with Gasteiger partial charge in [0.15, 0.2) is 5.79 Å². The normalized spacial score (nSPS) is 14.8. The summed E-state index contributed by atoms with van der Waals surface area (Å²) in [5, 5.41) is 34.0. The molecule has 0 saturated carbocycles. The van der Waals surface area contributed by atoms with Crippen LogP contribution in [0.4, 0.5) is 0 Å². The molecular weight excluding hydrogens is 140 g/mol. The molecule has 0 aliphatic carbocycles. The van der Waals surface area contributed by atoms with Crippen LogP contribution in [0, 0.1) is 0 Å². The van der Waals surface area contributed by atoms with Crippen molar-refractivity contribution in [3.8, 4) is 0 Å². The topological polar surface area (TPSA) is 98.0 Å². The third-order valence-corrected chi connectivity index (χ3v) is 1.19. The molecule has 10 heavy (non-hydrogen) atoms. The van der Waals surface area contributed by atoms with Gasteiger partial charge in [-0.15, -0.1) is 0 Å². The Morgan fingerprint density at radius 2 is 2.00 bits per heavy atom. The Morgan fingerprint density at radius 1 is 1.60 bits per heavy atom. The van der Waals surface area contributed by atoms with Crippen LogP contribution in [0.15, 0.2) is 0 Å². The Kier molecular flexibility index (Phi) is 2.77. The first kappa shape index (κ1) is 9.35. The van der Waals surface area contributed by atoms with Gasteiger partial charge in [-0.25, -0.2) is 4.79 Å². The standard InChI is InChI=1S/C5H10O5/c1-2-5(9,10)3(6)4(7)8/h3,6,9-10H,2H2,1H3,(H,7,8). The number of rotatable bonds is 3. The molecule has 0 amide bonds. The predicted molar refractivity (Wildman–Crippen MR) is 31.1 cm³/mol. The fraction of sp³-hybridized carbons (Fsp3) is 0.800. The number of carboxylic acid groups (broad SMARTS) is 1. The van der Waals surface area contributed by atoms with Crippen LogP contribution in [-0.2, 0) is 4.79 Å². The van der Waals surface area contributed by atoms with E-state index in [1.807, 2.05) is 0 Å². The van der Waals surface area contributed by atoms with E-state index in [2.05, 4.69) is 0 Å². The number of aliphatic carboxylic acids is 1. The summed E-state index contributed by atoms with van der Waals surface area (Å²) in [6, 6.07) is 0. The lowest BCUT2D eigenvalue weighted by Crippen LogP contribution is -2.46. The highest BCUT2D eigenvalue weighted by Gasteiger charge is 2.36. The first-order valence-corrected chi connectivity index (χ1v) is 2.77. The maximum absolute atomic E-state index is 9.93. The van der Waals surface area contributed by atoms with Crippen LogP contribution in [0.3, 0.4) is 0 Å². The molecule has 5 nitrogen and oxygen atoms in total. The van der Waals surface area contributed by atoms with E-state index in [0.29, 0.717) is 0 Å². The molecule has 0 saturated heterocycles. The van der Waals surface area contributed by atoms with Crippen molar-refractivity contribution in [1.82, 2.24) is 0 Å². The summed E-state index contributed by atoms with van der Waals surface area (Å²) in [6.07, 6.45) is -2.38. The molecule has 1 unspecified atom stereocenters. The molecule has 0 aliphatic rings. The van der Waals surface area contributed by atoms with Crippen molar-refractivity contribution in [3.05, 3.63) is 0 Å². The summed E-state index contributed by atoms with van der Waals surface area (Å²) in [5.74, 6) is -4.17. The molecule has 60 valence electrons. The number of aliphatic hydroxyl groups is 3. The molecule has 0 rings (SSSR count). The van der Waals surface area contributed by atoms with Crippen LogP contribution in [0.1, 0.15) is 13.3 Å². The van der Waals surface area contributed by atoms with E-state index < -0.39 is 17.9 Å². The summed E-state index contributed by atoms with van der Waals surface area (Å²) >= 11 is 0. The van der Waals surface area contributed by atoms with Crippen molar-refractivity contribution in [3.63, 3.8) is 0 Å². The van der Waals surface area contributed by atoms with E-state index in [-0.39, 0.29) is 6.42 Å². The second-order valence-corrected chi connectivity index (χ2v) is 1.97. The molecule has 0 aliphatic heterocycles. The number of aliphatic hydroxyl groups excluding tert-OH is 1. The third kappa shape index (κ3) is 1.94. The molecule has 0 radical (unpaired) electrons. The molecule has 1 atom stereocenters. The molecule has 5 heteroatoms. The third-order valence-electron chi connectivity index (χ3n) is 1.19. The molecule has 4 N–H and O–H groups in total. The van der Waals surface area contributed by atoms with Crippen molar-refractivity contribution in [2.24, 2.45) is 0 Å². The average Bonchev–Trinajstić information content (AvgIpc) is 1.86. The monoisotopic (exact) mass is 150 g/mol. The van der Waals surface area contributed by atoms with Gasteiger partial charge in [0.25, 0.3) is 0 Å². The zero-order valence-corrected chi connectivity index (χ0v) is 5.48. The van der Waals surface area contributed by atoms with E-state index in [0.717, 1.165) is 0 Å². The van der Waals surface area contributed by atoms with E-state index in [9.17, 15) is 4.79 Å². The first-order chi connectivity index (χ1) is 4.41. The van der Waals surface area contributed by atoms with E-state index in [1.165, 1.54) is 6.92 Å². The minimum absolute atomic E-state index is 0.236. The van der Waals surface area contributed by atoms with Crippen molar-refractivity contribution in [2.45, 2.75) is 25.2 Å². The van der Waals surface area contributed by atoms with E-state index in [1.54, 1.807) is 0 Å². The highest BCUT2D eigenvalue weighted by atomic mass is 16.5. The van der Waals surface area contributed by atoms with Crippen LogP contribution in [0.2, 0.25) is 0 Å².